The van der Waals surface area contributed by atoms with Crippen LogP contribution in [0.25, 0.3) is 0 Å². The quantitative estimate of drug-likeness (QED) is 0.747. The van der Waals surface area contributed by atoms with Crippen LogP contribution < -0.4 is 5.32 Å². The van der Waals surface area contributed by atoms with Crippen molar-refractivity contribution in [3.05, 3.63) is 35.0 Å². The number of anilines is 1. The van der Waals surface area contributed by atoms with E-state index in [1.54, 1.807) is 37.3 Å². The lowest BCUT2D eigenvalue weighted by molar-refractivity contribution is 0.471. The number of allylic oxidation sites excluding steroid dienone is 2. The van der Waals surface area contributed by atoms with E-state index in [4.69, 9.17) is 15.8 Å². The summed E-state index contributed by atoms with van der Waals surface area (Å²) in [7, 11) is 0. The molecule has 0 aliphatic rings. The molecule has 0 saturated heterocycles. The zero-order valence-electron chi connectivity index (χ0n) is 9.02. The molecule has 0 fully saturated rings. The van der Waals surface area contributed by atoms with E-state index < -0.39 is 0 Å². The molecule has 1 rings (SSSR count). The van der Waals surface area contributed by atoms with Crippen molar-refractivity contribution in [2.75, 3.05) is 5.32 Å². The number of nitrogens with one attached hydrogen (secondary N) is 1. The van der Waals surface area contributed by atoms with E-state index in [0.29, 0.717) is 11.3 Å². The summed E-state index contributed by atoms with van der Waals surface area (Å²) in [4.78, 5) is 0. The lowest BCUT2D eigenvalue weighted by Gasteiger charge is -2.06. The van der Waals surface area contributed by atoms with Gasteiger partial charge in [0.25, 0.3) is 0 Å². The Hall–Kier alpha value is -2.97. The van der Waals surface area contributed by atoms with Crippen molar-refractivity contribution >= 4 is 5.69 Å². The summed E-state index contributed by atoms with van der Waals surface area (Å²) >= 11 is 0. The molecule has 0 aromatic heterocycles. The number of hydrogen-bond donors (Lipinski definition) is 2. The summed E-state index contributed by atoms with van der Waals surface area (Å²) in [5.74, 6) is 0.0720. The molecule has 1 aromatic rings. The van der Waals surface area contributed by atoms with Gasteiger partial charge in [0.05, 0.1) is 0 Å². The third-order valence-electron chi connectivity index (χ3n) is 2.06. The second kappa shape index (κ2) is 5.21. The number of phenolic OH excluding ortho intramolecular Hbond substituents is 1. The SMILES string of the molecule is Cc1ccc(NC(C#N)=C(C#N)C#N)cc1O. The van der Waals surface area contributed by atoms with Gasteiger partial charge in [-0.25, -0.2) is 0 Å². The molecule has 0 aliphatic heterocycles. The number of phenols is 1. The van der Waals surface area contributed by atoms with Gasteiger partial charge in [-0.15, -0.1) is 0 Å². The predicted molar refractivity (Wildman–Crippen MR) is 60.3 cm³/mol. The molecule has 5 heteroatoms. The van der Waals surface area contributed by atoms with E-state index in [-0.39, 0.29) is 17.0 Å². The van der Waals surface area contributed by atoms with E-state index in [1.807, 2.05) is 0 Å². The summed E-state index contributed by atoms with van der Waals surface area (Å²) < 4.78 is 0. The summed E-state index contributed by atoms with van der Waals surface area (Å²) in [6, 6.07) is 9.68. The molecular weight excluding hydrogens is 216 g/mol. The maximum absolute atomic E-state index is 9.47. The van der Waals surface area contributed by atoms with Crippen LogP contribution in [0, 0.1) is 40.9 Å². The molecule has 5 nitrogen and oxygen atoms in total. The average Bonchev–Trinajstić information content (AvgIpc) is 2.33. The van der Waals surface area contributed by atoms with Gasteiger partial charge in [0, 0.05) is 11.8 Å². The Bertz CT molecular complexity index is 580. The molecule has 82 valence electrons. The van der Waals surface area contributed by atoms with E-state index in [0.717, 1.165) is 0 Å². The van der Waals surface area contributed by atoms with Crippen LogP contribution in [0.2, 0.25) is 0 Å². The molecule has 0 radical (unpaired) electrons. The van der Waals surface area contributed by atoms with Gasteiger partial charge in [0.1, 0.15) is 29.7 Å². The fraction of sp³-hybridized carbons (Fsp3) is 0.0833. The number of aryl methyl sites for hydroxylation is 1. The van der Waals surface area contributed by atoms with E-state index in [9.17, 15) is 5.11 Å². The minimum absolute atomic E-state index is 0.0720. The van der Waals surface area contributed by atoms with Crippen molar-refractivity contribution in [3.63, 3.8) is 0 Å². The predicted octanol–water partition coefficient (Wildman–Crippen LogP) is 1.94. The molecule has 0 amide bonds. The first kappa shape index (κ1) is 12.1. The summed E-state index contributed by atoms with van der Waals surface area (Å²) in [6.45, 7) is 1.73. The Morgan fingerprint density at radius 3 is 2.29 bits per heavy atom. The van der Waals surface area contributed by atoms with Gasteiger partial charge >= 0.3 is 0 Å². The second-order valence-corrected chi connectivity index (χ2v) is 3.21. The number of nitriles is 3. The fourth-order valence-electron chi connectivity index (χ4n) is 1.11. The van der Waals surface area contributed by atoms with E-state index in [1.165, 1.54) is 6.07 Å². The molecule has 1 aromatic carbocycles. The van der Waals surface area contributed by atoms with Crippen LogP contribution in [0.15, 0.2) is 29.5 Å². The number of aromatic hydroxyl groups is 1. The van der Waals surface area contributed by atoms with Crippen molar-refractivity contribution in [3.8, 4) is 24.0 Å². The molecular formula is C12H8N4O. The van der Waals surface area contributed by atoms with Gasteiger partial charge in [-0.2, -0.15) is 15.8 Å². The molecule has 0 aliphatic carbocycles. The number of rotatable bonds is 2. The van der Waals surface area contributed by atoms with Gasteiger partial charge in [0.2, 0.25) is 0 Å². The van der Waals surface area contributed by atoms with Crippen LogP contribution in [-0.2, 0) is 0 Å². The van der Waals surface area contributed by atoms with Crippen LogP contribution in [-0.4, -0.2) is 5.11 Å². The van der Waals surface area contributed by atoms with Crippen LogP contribution >= 0.6 is 0 Å². The van der Waals surface area contributed by atoms with Crippen LogP contribution in [0.5, 0.6) is 5.75 Å². The Morgan fingerprint density at radius 2 is 1.82 bits per heavy atom. The Morgan fingerprint density at radius 1 is 1.18 bits per heavy atom. The molecule has 0 saturated carbocycles. The van der Waals surface area contributed by atoms with E-state index >= 15 is 0 Å². The number of nitrogens with zero attached hydrogens (tertiary/aromatic N) is 3. The maximum atomic E-state index is 9.47. The fourth-order valence-corrected chi connectivity index (χ4v) is 1.11. The number of hydrogen-bond acceptors (Lipinski definition) is 5. The molecule has 17 heavy (non-hydrogen) atoms. The van der Waals surface area contributed by atoms with Gasteiger partial charge in [-0.3, -0.25) is 0 Å². The highest BCUT2D eigenvalue weighted by atomic mass is 16.3. The van der Waals surface area contributed by atoms with Crippen molar-refractivity contribution < 1.29 is 5.11 Å². The minimum Gasteiger partial charge on any atom is -0.508 e. The highest BCUT2D eigenvalue weighted by molar-refractivity contribution is 5.60. The van der Waals surface area contributed by atoms with Crippen LogP contribution in [0.4, 0.5) is 5.69 Å². The van der Waals surface area contributed by atoms with Gasteiger partial charge < -0.3 is 10.4 Å². The summed E-state index contributed by atoms with van der Waals surface area (Å²) in [6.07, 6.45) is 0. The zero-order valence-corrected chi connectivity index (χ0v) is 9.02. The average molecular weight is 224 g/mol. The third kappa shape index (κ3) is 2.75. The molecule has 2 N–H and O–H groups in total. The van der Waals surface area contributed by atoms with Gasteiger partial charge in [0.15, 0.2) is 5.57 Å². The van der Waals surface area contributed by atoms with Crippen molar-refractivity contribution in [2.45, 2.75) is 6.92 Å². The Labute approximate surface area is 98.5 Å². The van der Waals surface area contributed by atoms with Gasteiger partial charge in [-0.05, 0) is 18.6 Å². The molecule has 0 heterocycles. The number of benzene rings is 1. The topological polar surface area (TPSA) is 104 Å². The first-order chi connectivity index (χ1) is 8.12. The maximum Gasteiger partial charge on any atom is 0.163 e. The lowest BCUT2D eigenvalue weighted by Crippen LogP contribution is -2.00. The van der Waals surface area contributed by atoms with Crippen molar-refractivity contribution in [1.29, 1.82) is 15.8 Å². The first-order valence-corrected chi connectivity index (χ1v) is 4.63. The van der Waals surface area contributed by atoms with Crippen molar-refractivity contribution in [2.24, 2.45) is 0 Å². The van der Waals surface area contributed by atoms with Crippen LogP contribution in [0.3, 0.4) is 0 Å². The van der Waals surface area contributed by atoms with Gasteiger partial charge in [-0.1, -0.05) is 6.07 Å². The summed E-state index contributed by atoms with van der Waals surface area (Å²) in [5, 5.41) is 38.2. The third-order valence-corrected chi connectivity index (χ3v) is 2.06. The van der Waals surface area contributed by atoms with E-state index in [2.05, 4.69) is 5.32 Å². The summed E-state index contributed by atoms with van der Waals surface area (Å²) in [5.41, 5.74) is 0.692. The smallest absolute Gasteiger partial charge is 0.163 e. The van der Waals surface area contributed by atoms with Crippen molar-refractivity contribution in [1.82, 2.24) is 0 Å². The Kier molecular flexibility index (Phi) is 3.71. The Balaban J connectivity index is 3.11. The molecule has 0 unspecified atom stereocenters. The highest BCUT2D eigenvalue weighted by Crippen LogP contribution is 2.22. The van der Waals surface area contributed by atoms with Crippen LogP contribution in [0.1, 0.15) is 5.56 Å². The second-order valence-electron chi connectivity index (χ2n) is 3.21. The standard InChI is InChI=1S/C12H8N4O/c1-8-2-3-10(4-12(8)17)16-11(7-15)9(5-13)6-14/h2-4,16-17H,1H3. The molecule has 0 atom stereocenters. The monoisotopic (exact) mass is 224 g/mol. The lowest BCUT2D eigenvalue weighted by atomic mass is 10.2. The zero-order chi connectivity index (χ0) is 12.8. The molecule has 0 spiro atoms. The first-order valence-electron chi connectivity index (χ1n) is 4.63. The normalized spacial score (nSPS) is 8.35. The highest BCUT2D eigenvalue weighted by Gasteiger charge is 2.06. The largest absolute Gasteiger partial charge is 0.508 e. The minimum atomic E-state index is -0.299. The molecule has 0 bridgehead atoms.